The van der Waals surface area contributed by atoms with Crippen molar-refractivity contribution in [2.24, 2.45) is 13.0 Å². The highest BCUT2D eigenvalue weighted by atomic mass is 35.5. The lowest BCUT2D eigenvalue weighted by Crippen LogP contribution is -2.27. The lowest BCUT2D eigenvalue weighted by molar-refractivity contribution is 0.458. The monoisotopic (exact) mass is 393 g/mol. The van der Waals surface area contributed by atoms with Gasteiger partial charge in [-0.05, 0) is 12.8 Å². The van der Waals surface area contributed by atoms with Crippen molar-refractivity contribution in [1.29, 1.82) is 0 Å². The molecule has 0 N–H and O–H groups in total. The van der Waals surface area contributed by atoms with E-state index >= 15 is 0 Å². The van der Waals surface area contributed by atoms with Gasteiger partial charge in [0.1, 0.15) is 15.1 Å². The van der Waals surface area contributed by atoms with Crippen LogP contribution < -0.4 is 0 Å². The zero-order chi connectivity index (χ0) is 18.2. The van der Waals surface area contributed by atoms with E-state index in [4.69, 9.17) is 23.2 Å². The van der Waals surface area contributed by atoms with Gasteiger partial charge in [0.05, 0.1) is 17.9 Å². The Morgan fingerprint density at radius 2 is 1.92 bits per heavy atom. The van der Waals surface area contributed by atoms with Crippen LogP contribution in [-0.2, 0) is 30.2 Å². The van der Waals surface area contributed by atoms with E-state index in [9.17, 15) is 8.42 Å². The molecule has 24 heavy (non-hydrogen) atoms. The van der Waals surface area contributed by atoms with Crippen LogP contribution in [0.2, 0.25) is 10.2 Å². The average molecular weight is 394 g/mol. The summed E-state index contributed by atoms with van der Waals surface area (Å²) in [5, 5.41) is 8.97. The highest BCUT2D eigenvalue weighted by molar-refractivity contribution is 7.89. The second-order valence-corrected chi connectivity index (χ2v) is 8.88. The molecule has 0 fully saturated rings. The molecule has 0 amide bonds. The van der Waals surface area contributed by atoms with Crippen molar-refractivity contribution in [2.45, 2.75) is 38.8 Å². The van der Waals surface area contributed by atoms with Gasteiger partial charge in [-0.15, -0.1) is 0 Å². The van der Waals surface area contributed by atoms with E-state index in [-0.39, 0.29) is 21.6 Å². The molecule has 2 rings (SSSR count). The van der Waals surface area contributed by atoms with E-state index in [2.05, 4.69) is 10.2 Å². The van der Waals surface area contributed by atoms with Crippen molar-refractivity contribution >= 4 is 33.2 Å². The Morgan fingerprint density at radius 1 is 1.29 bits per heavy atom. The minimum absolute atomic E-state index is 0.0243. The van der Waals surface area contributed by atoms with Gasteiger partial charge in [-0.2, -0.15) is 14.5 Å². The molecule has 2 aromatic rings. The number of hydrogen-bond acceptors (Lipinski definition) is 4. The van der Waals surface area contributed by atoms with E-state index < -0.39 is 10.0 Å². The van der Waals surface area contributed by atoms with Gasteiger partial charge in [0.15, 0.2) is 0 Å². The van der Waals surface area contributed by atoms with E-state index in [0.29, 0.717) is 23.9 Å². The fourth-order valence-corrected chi connectivity index (χ4v) is 3.98. The zero-order valence-corrected chi connectivity index (χ0v) is 16.6. The summed E-state index contributed by atoms with van der Waals surface area (Å²) in [5.74, 6) is 0.368. The first-order valence-corrected chi connectivity index (χ1v) is 9.61. The maximum absolute atomic E-state index is 12.8. The molecule has 134 valence electrons. The molecule has 0 aliphatic heterocycles. The quantitative estimate of drug-likeness (QED) is 0.755. The summed E-state index contributed by atoms with van der Waals surface area (Å²) in [6.45, 7) is 6.45. The first-order chi connectivity index (χ1) is 11.0. The van der Waals surface area contributed by atoms with Crippen LogP contribution in [0.15, 0.2) is 11.1 Å². The number of sulfonamides is 1. The van der Waals surface area contributed by atoms with Crippen molar-refractivity contribution in [1.82, 2.24) is 23.9 Å². The largest absolute Gasteiger partial charge is 0.271 e. The lowest BCUT2D eigenvalue weighted by Gasteiger charge is -2.15. The molecule has 0 unspecified atom stereocenters. The molecule has 0 spiro atoms. The topological polar surface area (TPSA) is 73.0 Å². The minimum atomic E-state index is -3.70. The Kier molecular flexibility index (Phi) is 5.64. The molecule has 2 heterocycles. The molecule has 2 aromatic heterocycles. The van der Waals surface area contributed by atoms with Crippen LogP contribution in [-0.4, -0.2) is 39.3 Å². The van der Waals surface area contributed by atoms with Crippen LogP contribution in [0.5, 0.6) is 0 Å². The predicted molar refractivity (Wildman–Crippen MR) is 93.7 cm³/mol. The Bertz CT molecular complexity index is 842. The number of aryl methyl sites for hydroxylation is 2. The Morgan fingerprint density at radius 3 is 2.42 bits per heavy atom. The number of nitrogens with zero attached hydrogens (tertiary/aromatic N) is 5. The van der Waals surface area contributed by atoms with E-state index in [1.54, 1.807) is 24.9 Å². The number of aromatic nitrogens is 4. The van der Waals surface area contributed by atoms with E-state index in [0.717, 1.165) is 0 Å². The van der Waals surface area contributed by atoms with E-state index in [1.165, 1.54) is 16.0 Å². The summed E-state index contributed by atoms with van der Waals surface area (Å²) in [4.78, 5) is 0.184. The van der Waals surface area contributed by atoms with Gasteiger partial charge in [0.25, 0.3) is 0 Å². The van der Waals surface area contributed by atoms with Crippen LogP contribution in [0, 0.1) is 12.8 Å². The van der Waals surface area contributed by atoms with Crippen LogP contribution in [0.1, 0.15) is 25.2 Å². The van der Waals surface area contributed by atoms with Crippen LogP contribution in [0.4, 0.5) is 0 Å². The molecule has 7 nitrogen and oxygen atoms in total. The summed E-state index contributed by atoms with van der Waals surface area (Å²) in [7, 11) is -0.579. The molecular weight excluding hydrogens is 373 g/mol. The summed E-state index contributed by atoms with van der Waals surface area (Å²) >= 11 is 12.1. The average Bonchev–Trinajstić information content (AvgIpc) is 2.94. The smallest absolute Gasteiger partial charge is 0.246 e. The summed E-state index contributed by atoms with van der Waals surface area (Å²) in [6.07, 6.45) is 1.56. The SMILES string of the molecule is Cc1nn(CC(C)C)cc1S(=O)(=O)N(C)Cc1nn(C)c(Cl)c1Cl. The second-order valence-electron chi connectivity index (χ2n) is 6.13. The normalized spacial score (nSPS) is 12.5. The van der Waals surface area contributed by atoms with Gasteiger partial charge in [-0.25, -0.2) is 8.42 Å². The minimum Gasteiger partial charge on any atom is -0.271 e. The second kappa shape index (κ2) is 7.03. The fourth-order valence-electron chi connectivity index (χ4n) is 2.32. The number of hydrogen-bond donors (Lipinski definition) is 0. The summed E-state index contributed by atoms with van der Waals surface area (Å²) < 4.78 is 29.9. The fraction of sp³-hybridized carbons (Fsp3) is 0.571. The molecule has 0 aromatic carbocycles. The number of rotatable bonds is 6. The Hall–Kier alpha value is -1.09. The van der Waals surface area contributed by atoms with Crippen LogP contribution in [0.25, 0.3) is 0 Å². The highest BCUT2D eigenvalue weighted by Gasteiger charge is 2.27. The summed E-state index contributed by atoms with van der Waals surface area (Å²) in [5.41, 5.74) is 0.870. The first-order valence-electron chi connectivity index (χ1n) is 7.41. The zero-order valence-electron chi connectivity index (χ0n) is 14.3. The van der Waals surface area contributed by atoms with E-state index in [1.807, 2.05) is 13.8 Å². The van der Waals surface area contributed by atoms with Gasteiger partial charge >= 0.3 is 0 Å². The molecule has 0 radical (unpaired) electrons. The van der Waals surface area contributed by atoms with Gasteiger partial charge < -0.3 is 0 Å². The van der Waals surface area contributed by atoms with Crippen molar-refractivity contribution in [2.75, 3.05) is 7.05 Å². The molecule has 0 bridgehead atoms. The predicted octanol–water partition coefficient (Wildman–Crippen LogP) is 2.71. The van der Waals surface area contributed by atoms with Crippen molar-refractivity contribution < 1.29 is 8.42 Å². The Balaban J connectivity index is 2.29. The van der Waals surface area contributed by atoms with Crippen LogP contribution >= 0.6 is 23.2 Å². The third kappa shape index (κ3) is 3.77. The lowest BCUT2D eigenvalue weighted by atomic mass is 10.2. The number of halogens is 2. The van der Waals surface area contributed by atoms with Gasteiger partial charge in [-0.3, -0.25) is 9.36 Å². The molecule has 0 aliphatic carbocycles. The molecule has 0 saturated carbocycles. The van der Waals surface area contributed by atoms with Crippen molar-refractivity contribution in [3.63, 3.8) is 0 Å². The Labute approximate surface area is 152 Å². The molecule has 0 atom stereocenters. The third-order valence-electron chi connectivity index (χ3n) is 3.50. The molecule has 0 saturated heterocycles. The van der Waals surface area contributed by atoms with Crippen molar-refractivity contribution in [3.8, 4) is 0 Å². The van der Waals surface area contributed by atoms with Crippen molar-refractivity contribution in [3.05, 3.63) is 27.8 Å². The van der Waals surface area contributed by atoms with Crippen LogP contribution in [0.3, 0.4) is 0 Å². The molecular formula is C14H21Cl2N5O2S. The molecule has 0 aliphatic rings. The summed E-state index contributed by atoms with van der Waals surface area (Å²) in [6, 6.07) is 0. The third-order valence-corrected chi connectivity index (χ3v) is 6.34. The first kappa shape index (κ1) is 19.2. The maximum atomic E-state index is 12.8. The van der Waals surface area contributed by atoms with Gasteiger partial charge in [0, 0.05) is 26.8 Å². The van der Waals surface area contributed by atoms with Gasteiger partial charge in [0.2, 0.25) is 10.0 Å². The molecule has 10 heteroatoms. The maximum Gasteiger partial charge on any atom is 0.246 e. The highest BCUT2D eigenvalue weighted by Crippen LogP contribution is 2.27. The van der Waals surface area contributed by atoms with Gasteiger partial charge in [-0.1, -0.05) is 37.0 Å². The standard InChI is InChI=1S/C14H21Cl2N5O2S/c1-9(2)6-21-8-12(10(3)17-21)24(22,23)19(4)7-11-13(15)14(16)20(5)18-11/h8-9H,6-7H2,1-5H3.